The average molecular weight is 597 g/mol. The molecule has 224 valence electrons. The van der Waals surface area contributed by atoms with E-state index in [1.165, 1.54) is 31.2 Å². The zero-order valence-corrected chi connectivity index (χ0v) is 24.4. The Morgan fingerprint density at radius 1 is 1.12 bits per heavy atom. The number of benzene rings is 1. The van der Waals surface area contributed by atoms with E-state index in [1.54, 1.807) is 26.2 Å². The van der Waals surface area contributed by atoms with E-state index in [1.807, 2.05) is 0 Å². The van der Waals surface area contributed by atoms with E-state index in [2.05, 4.69) is 9.88 Å². The molecule has 2 aliphatic rings. The molecular weight excluding hydrogens is 561 g/mol. The molecule has 4 rings (SSSR count). The molecule has 0 bridgehead atoms. The number of rotatable bonds is 9. The van der Waals surface area contributed by atoms with Gasteiger partial charge in [-0.05, 0) is 67.7 Å². The number of pyridine rings is 1. The number of ether oxygens (including phenoxy) is 1. The summed E-state index contributed by atoms with van der Waals surface area (Å²) in [4.78, 5) is 34.3. The number of hydrogen-bond acceptors (Lipinski definition) is 6. The van der Waals surface area contributed by atoms with Gasteiger partial charge in [0, 0.05) is 46.3 Å². The van der Waals surface area contributed by atoms with Crippen molar-refractivity contribution < 1.29 is 32.6 Å². The minimum absolute atomic E-state index is 0.0898. The summed E-state index contributed by atoms with van der Waals surface area (Å²) in [5.41, 5.74) is -3.88. The van der Waals surface area contributed by atoms with Crippen molar-refractivity contribution in [1.82, 2.24) is 14.8 Å². The molecule has 2 amide bonds. The van der Waals surface area contributed by atoms with Crippen molar-refractivity contribution in [2.45, 2.75) is 37.5 Å². The summed E-state index contributed by atoms with van der Waals surface area (Å²) in [6, 6.07) is 8.37. The lowest BCUT2D eigenvalue weighted by atomic mass is 9.90. The lowest BCUT2D eigenvalue weighted by molar-refractivity contribution is -0.261. The number of aliphatic hydroxyl groups is 1. The highest BCUT2D eigenvalue weighted by Gasteiger charge is 2.62. The number of nitrogens with zero attached hydrogens (tertiary/aromatic N) is 4. The first-order valence-electron chi connectivity index (χ1n) is 13.6. The van der Waals surface area contributed by atoms with Gasteiger partial charge in [0.15, 0.2) is 0 Å². The second-order valence-corrected chi connectivity index (χ2v) is 11.6. The van der Waals surface area contributed by atoms with Crippen molar-refractivity contribution in [3.05, 3.63) is 52.7 Å². The van der Waals surface area contributed by atoms with E-state index in [0.717, 1.165) is 61.6 Å². The van der Waals surface area contributed by atoms with Gasteiger partial charge in [0.2, 0.25) is 0 Å². The van der Waals surface area contributed by atoms with Crippen LogP contribution in [0.5, 0.6) is 5.75 Å². The van der Waals surface area contributed by atoms with Crippen molar-refractivity contribution in [1.29, 1.82) is 0 Å². The zero-order valence-electron chi connectivity index (χ0n) is 23.6. The van der Waals surface area contributed by atoms with Gasteiger partial charge in [-0.2, -0.15) is 13.2 Å². The van der Waals surface area contributed by atoms with Crippen LogP contribution in [0.15, 0.2) is 36.4 Å². The van der Waals surface area contributed by atoms with Gasteiger partial charge in [-0.25, -0.2) is 4.98 Å². The van der Waals surface area contributed by atoms with Crippen LogP contribution >= 0.6 is 11.6 Å². The number of anilines is 1. The molecule has 41 heavy (non-hydrogen) atoms. The first-order chi connectivity index (χ1) is 19.3. The van der Waals surface area contributed by atoms with Crippen LogP contribution in [0.2, 0.25) is 5.15 Å². The van der Waals surface area contributed by atoms with Crippen LogP contribution in [0, 0.1) is 17.8 Å². The van der Waals surface area contributed by atoms with Gasteiger partial charge in [-0.1, -0.05) is 23.7 Å². The average Bonchev–Trinajstić information content (AvgIpc) is 3.67. The molecule has 2 fully saturated rings. The number of aromatic nitrogens is 1. The van der Waals surface area contributed by atoms with Crippen molar-refractivity contribution in [2.75, 3.05) is 52.8 Å². The monoisotopic (exact) mass is 596 g/mol. The highest BCUT2D eigenvalue weighted by Crippen LogP contribution is 2.47. The second-order valence-electron chi connectivity index (χ2n) is 11.3. The lowest BCUT2D eigenvalue weighted by Gasteiger charge is -2.34. The van der Waals surface area contributed by atoms with E-state index in [0.29, 0.717) is 17.4 Å². The Balaban J connectivity index is 1.30. The maximum Gasteiger partial charge on any atom is 0.430 e. The topological polar surface area (TPSA) is 86.2 Å². The summed E-state index contributed by atoms with van der Waals surface area (Å²) in [5.74, 6) is 0.0968. The molecular formula is C29H36ClF3N4O4. The molecule has 3 atom stereocenters. The standard InChI is InChI=1S/C29H36ClF3N4O4/c1-35(2)26(38)23-8-9-24(34-25(23)30)37-12-10-18(11-13-37)14-19-15-20(19)17-36(3)27(39)28(40,29(31,32)33)21-6-5-7-22(16-21)41-4/h5-9,16,18-20,40H,10-15,17H2,1-4H3/t19-,20-,28+/m0/s1. The Labute approximate surface area is 243 Å². The number of piperidine rings is 1. The van der Waals surface area contributed by atoms with Crippen LogP contribution in [0.25, 0.3) is 0 Å². The third kappa shape index (κ3) is 6.56. The summed E-state index contributed by atoms with van der Waals surface area (Å²) in [5, 5.41) is 10.9. The highest BCUT2D eigenvalue weighted by atomic mass is 35.5. The van der Waals surface area contributed by atoms with E-state index < -0.39 is 23.2 Å². The number of carbonyl (C=O) groups is 2. The third-order valence-corrected chi connectivity index (χ3v) is 8.46. The Hall–Kier alpha value is -3.05. The minimum atomic E-state index is -5.21. The number of halogens is 4. The molecule has 1 N–H and O–H groups in total. The van der Waals surface area contributed by atoms with Crippen LogP contribution in [0.3, 0.4) is 0 Å². The molecule has 2 heterocycles. The number of likely N-dealkylation sites (N-methyl/N-ethyl adjacent to an activating group) is 1. The quantitative estimate of drug-likeness (QED) is 0.426. The summed E-state index contributed by atoms with van der Waals surface area (Å²) >= 11 is 6.28. The molecule has 0 unspecified atom stereocenters. The molecule has 1 saturated heterocycles. The van der Waals surface area contributed by atoms with Crippen molar-refractivity contribution >= 4 is 29.2 Å². The van der Waals surface area contributed by atoms with Crippen LogP contribution in [-0.2, 0) is 10.4 Å². The fourth-order valence-electron chi connectivity index (χ4n) is 5.62. The van der Waals surface area contributed by atoms with E-state index in [4.69, 9.17) is 16.3 Å². The summed E-state index contributed by atoms with van der Waals surface area (Å²) in [6.45, 7) is 1.71. The van der Waals surface area contributed by atoms with Crippen LogP contribution < -0.4 is 9.64 Å². The van der Waals surface area contributed by atoms with E-state index in [9.17, 15) is 27.9 Å². The maximum absolute atomic E-state index is 14.1. The molecule has 0 spiro atoms. The Bertz CT molecular complexity index is 1270. The van der Waals surface area contributed by atoms with Gasteiger partial charge in [-0.15, -0.1) is 0 Å². The SMILES string of the molecule is COc1cccc([C@@](O)(C(=O)N(C)C[C@@H]2C[C@@H]2CC2CCN(c3ccc(C(=O)N(C)C)c(Cl)n3)CC2)C(F)(F)F)c1. The van der Waals surface area contributed by atoms with Crippen LogP contribution in [-0.4, -0.2) is 85.8 Å². The summed E-state index contributed by atoms with van der Waals surface area (Å²) < 4.78 is 47.2. The van der Waals surface area contributed by atoms with Gasteiger partial charge in [-0.3, -0.25) is 9.59 Å². The minimum Gasteiger partial charge on any atom is -0.497 e. The van der Waals surface area contributed by atoms with Gasteiger partial charge in [0.1, 0.15) is 16.7 Å². The maximum atomic E-state index is 14.1. The van der Waals surface area contributed by atoms with Gasteiger partial charge in [0.25, 0.3) is 17.4 Å². The second kappa shape index (κ2) is 12.1. The van der Waals surface area contributed by atoms with Crippen LogP contribution in [0.4, 0.5) is 19.0 Å². The van der Waals surface area contributed by atoms with Crippen LogP contribution in [0.1, 0.15) is 41.6 Å². The van der Waals surface area contributed by atoms with E-state index >= 15 is 0 Å². The fourth-order valence-corrected chi connectivity index (χ4v) is 5.85. The molecule has 8 nitrogen and oxygen atoms in total. The van der Waals surface area contributed by atoms with E-state index in [-0.39, 0.29) is 29.3 Å². The molecule has 12 heteroatoms. The van der Waals surface area contributed by atoms with Gasteiger partial charge in [0.05, 0.1) is 12.7 Å². The summed E-state index contributed by atoms with van der Waals surface area (Å²) in [6.07, 6.45) is -1.58. The first-order valence-corrected chi connectivity index (χ1v) is 14.0. The molecule has 2 aromatic rings. The number of alkyl halides is 3. The third-order valence-electron chi connectivity index (χ3n) is 8.18. The van der Waals surface area contributed by atoms with Crippen molar-refractivity contribution in [2.24, 2.45) is 17.8 Å². The Morgan fingerprint density at radius 2 is 1.80 bits per heavy atom. The molecule has 1 aliphatic heterocycles. The normalized spacial score (nSPS) is 20.8. The predicted molar refractivity (Wildman–Crippen MR) is 149 cm³/mol. The predicted octanol–water partition coefficient (Wildman–Crippen LogP) is 4.60. The summed E-state index contributed by atoms with van der Waals surface area (Å²) in [7, 11) is 5.92. The Kier molecular flexibility index (Phi) is 9.08. The first kappa shape index (κ1) is 30.9. The van der Waals surface area contributed by atoms with Gasteiger partial charge >= 0.3 is 6.18 Å². The van der Waals surface area contributed by atoms with Crippen molar-refractivity contribution in [3.63, 3.8) is 0 Å². The number of methoxy groups -OCH3 is 1. The molecule has 1 saturated carbocycles. The fraction of sp³-hybridized carbons (Fsp3) is 0.552. The smallest absolute Gasteiger partial charge is 0.430 e. The molecule has 1 aromatic heterocycles. The van der Waals surface area contributed by atoms with Crippen molar-refractivity contribution in [3.8, 4) is 5.75 Å². The number of hydrogen-bond donors (Lipinski definition) is 1. The number of amides is 2. The molecule has 1 aliphatic carbocycles. The zero-order chi connectivity index (χ0) is 30.1. The van der Waals surface area contributed by atoms with Gasteiger partial charge < -0.3 is 24.5 Å². The molecule has 1 aromatic carbocycles. The Morgan fingerprint density at radius 3 is 2.39 bits per heavy atom. The molecule has 0 radical (unpaired) electrons. The largest absolute Gasteiger partial charge is 0.497 e. The highest BCUT2D eigenvalue weighted by molar-refractivity contribution is 6.32. The lowest BCUT2D eigenvalue weighted by Crippen LogP contribution is -2.55. The number of carbonyl (C=O) groups excluding carboxylic acids is 2.